The van der Waals surface area contributed by atoms with Crippen LogP contribution in [0.3, 0.4) is 0 Å². The highest BCUT2D eigenvalue weighted by atomic mass is 16.5. The van der Waals surface area contributed by atoms with Gasteiger partial charge in [-0.2, -0.15) is 0 Å². The fourth-order valence-electron chi connectivity index (χ4n) is 2.38. The van der Waals surface area contributed by atoms with Crippen LogP contribution in [0.4, 0.5) is 5.69 Å². The monoisotopic (exact) mass is 385 g/mol. The minimum atomic E-state index is -1.02. The molecular weight excluding hydrogens is 362 g/mol. The van der Waals surface area contributed by atoms with E-state index in [0.717, 1.165) is 0 Å². The Morgan fingerprint density at radius 3 is 2.21 bits per heavy atom. The Bertz CT molecular complexity index is 860. The van der Waals surface area contributed by atoms with Gasteiger partial charge in [-0.25, -0.2) is 4.79 Å². The summed E-state index contributed by atoms with van der Waals surface area (Å²) in [5.41, 5.74) is 1.29. The molecule has 148 valence electrons. The van der Waals surface area contributed by atoms with Gasteiger partial charge < -0.3 is 19.5 Å². The number of nitrogens with one attached hydrogen (secondary N) is 1. The molecule has 1 atom stereocenters. The lowest BCUT2D eigenvalue weighted by molar-refractivity contribution is -0.123. The number of ketones is 1. The van der Waals surface area contributed by atoms with E-state index in [-0.39, 0.29) is 11.3 Å². The summed E-state index contributed by atoms with van der Waals surface area (Å²) in [6.07, 6.45) is -1.02. The first-order chi connectivity index (χ1) is 13.3. The van der Waals surface area contributed by atoms with Crippen LogP contribution in [0, 0.1) is 0 Å². The molecule has 2 aromatic rings. The number of benzene rings is 2. The van der Waals surface area contributed by atoms with Crippen LogP contribution in [0.25, 0.3) is 0 Å². The molecule has 0 saturated heterocycles. The van der Waals surface area contributed by atoms with Gasteiger partial charge in [0.1, 0.15) is 0 Å². The second-order valence-corrected chi connectivity index (χ2v) is 5.97. The van der Waals surface area contributed by atoms with Gasteiger partial charge in [0, 0.05) is 11.3 Å². The Balaban J connectivity index is 2.01. The molecule has 0 aliphatic heterocycles. The minimum absolute atomic E-state index is 0.0639. The summed E-state index contributed by atoms with van der Waals surface area (Å²) in [6.45, 7) is 5.24. The van der Waals surface area contributed by atoms with Crippen molar-refractivity contribution in [3.05, 3.63) is 53.6 Å². The first-order valence-electron chi connectivity index (χ1n) is 8.79. The average molecular weight is 385 g/mol. The predicted molar refractivity (Wildman–Crippen MR) is 104 cm³/mol. The van der Waals surface area contributed by atoms with Gasteiger partial charge in [0.25, 0.3) is 5.91 Å². The molecule has 1 amide bonds. The van der Waals surface area contributed by atoms with Gasteiger partial charge in [0.05, 0.1) is 19.3 Å². The van der Waals surface area contributed by atoms with Crippen LogP contribution < -0.4 is 14.8 Å². The third-order valence-corrected chi connectivity index (χ3v) is 3.91. The smallest absolute Gasteiger partial charge is 0.339 e. The number of methoxy groups -OCH3 is 1. The minimum Gasteiger partial charge on any atom is -0.493 e. The SMILES string of the molecule is CCOc1ccc(C(=O)OC(C)C(=O)Nc2ccc(C(C)=O)cc2)cc1OC. The quantitative estimate of drug-likeness (QED) is 0.553. The molecule has 0 spiro atoms. The van der Waals surface area contributed by atoms with E-state index in [1.807, 2.05) is 6.92 Å². The number of hydrogen-bond acceptors (Lipinski definition) is 6. The number of ether oxygens (including phenoxy) is 3. The van der Waals surface area contributed by atoms with Crippen LogP contribution in [0.1, 0.15) is 41.5 Å². The molecule has 2 rings (SSSR count). The van der Waals surface area contributed by atoms with E-state index in [1.165, 1.54) is 27.0 Å². The number of rotatable bonds is 8. The summed E-state index contributed by atoms with van der Waals surface area (Å²) in [5.74, 6) is -0.288. The maximum atomic E-state index is 12.3. The van der Waals surface area contributed by atoms with E-state index >= 15 is 0 Å². The summed E-state index contributed by atoms with van der Waals surface area (Å²) >= 11 is 0. The van der Waals surface area contributed by atoms with Crippen LogP contribution in [-0.4, -0.2) is 37.5 Å². The Morgan fingerprint density at radius 2 is 1.64 bits per heavy atom. The number of esters is 1. The van der Waals surface area contributed by atoms with Crippen LogP contribution in [0.2, 0.25) is 0 Å². The molecule has 2 aromatic carbocycles. The first-order valence-corrected chi connectivity index (χ1v) is 8.79. The maximum absolute atomic E-state index is 12.3. The highest BCUT2D eigenvalue weighted by molar-refractivity contribution is 5.98. The maximum Gasteiger partial charge on any atom is 0.339 e. The zero-order chi connectivity index (χ0) is 20.7. The molecule has 0 aromatic heterocycles. The summed E-state index contributed by atoms with van der Waals surface area (Å²) in [4.78, 5) is 35.9. The van der Waals surface area contributed by atoms with Crippen molar-refractivity contribution in [2.75, 3.05) is 19.0 Å². The van der Waals surface area contributed by atoms with Crippen LogP contribution in [-0.2, 0) is 9.53 Å². The van der Waals surface area contributed by atoms with Crippen molar-refractivity contribution in [3.8, 4) is 11.5 Å². The van der Waals surface area contributed by atoms with Crippen LogP contribution in [0.5, 0.6) is 11.5 Å². The molecule has 0 radical (unpaired) electrons. The van der Waals surface area contributed by atoms with Gasteiger partial charge >= 0.3 is 5.97 Å². The van der Waals surface area contributed by atoms with Crippen LogP contribution >= 0.6 is 0 Å². The number of anilines is 1. The molecule has 0 aliphatic rings. The fourth-order valence-corrected chi connectivity index (χ4v) is 2.38. The van der Waals surface area contributed by atoms with Crippen molar-refractivity contribution in [1.82, 2.24) is 0 Å². The van der Waals surface area contributed by atoms with Crippen molar-refractivity contribution >= 4 is 23.3 Å². The molecule has 0 fully saturated rings. The number of carbonyl (C=O) groups is 3. The van der Waals surface area contributed by atoms with Gasteiger partial charge in [-0.1, -0.05) is 0 Å². The van der Waals surface area contributed by atoms with Crippen molar-refractivity contribution < 1.29 is 28.6 Å². The van der Waals surface area contributed by atoms with Gasteiger partial charge in [-0.3, -0.25) is 9.59 Å². The number of amides is 1. The molecule has 0 heterocycles. The number of carbonyl (C=O) groups excluding carboxylic acids is 3. The molecule has 0 aliphatic carbocycles. The van der Waals surface area contributed by atoms with Gasteiger partial charge in [-0.05, 0) is 63.2 Å². The Hall–Kier alpha value is -3.35. The van der Waals surface area contributed by atoms with Crippen molar-refractivity contribution in [2.45, 2.75) is 26.9 Å². The van der Waals surface area contributed by atoms with Crippen molar-refractivity contribution in [2.24, 2.45) is 0 Å². The molecule has 0 bridgehead atoms. The predicted octanol–water partition coefficient (Wildman–Crippen LogP) is 3.48. The summed E-state index contributed by atoms with van der Waals surface area (Å²) in [5, 5.41) is 2.64. The highest BCUT2D eigenvalue weighted by Gasteiger charge is 2.20. The van der Waals surface area contributed by atoms with Gasteiger partial charge in [0.15, 0.2) is 23.4 Å². The zero-order valence-electron chi connectivity index (χ0n) is 16.3. The lowest BCUT2D eigenvalue weighted by atomic mass is 10.1. The van der Waals surface area contributed by atoms with E-state index < -0.39 is 18.0 Å². The lowest BCUT2D eigenvalue weighted by Gasteiger charge is -2.15. The van der Waals surface area contributed by atoms with Crippen LogP contribution in [0.15, 0.2) is 42.5 Å². The van der Waals surface area contributed by atoms with Gasteiger partial charge in [-0.15, -0.1) is 0 Å². The normalized spacial score (nSPS) is 11.3. The molecule has 7 nitrogen and oxygen atoms in total. The summed E-state index contributed by atoms with van der Waals surface area (Å²) in [6, 6.07) is 11.1. The van der Waals surface area contributed by atoms with E-state index in [2.05, 4.69) is 5.32 Å². The molecule has 1 unspecified atom stereocenters. The molecule has 1 N–H and O–H groups in total. The lowest BCUT2D eigenvalue weighted by Crippen LogP contribution is -2.30. The molecule has 28 heavy (non-hydrogen) atoms. The second kappa shape index (κ2) is 9.55. The molecule has 0 saturated carbocycles. The number of hydrogen-bond donors (Lipinski definition) is 1. The largest absolute Gasteiger partial charge is 0.493 e. The Labute approximate surface area is 163 Å². The van der Waals surface area contributed by atoms with E-state index in [1.54, 1.807) is 36.4 Å². The van der Waals surface area contributed by atoms with E-state index in [9.17, 15) is 14.4 Å². The summed E-state index contributed by atoms with van der Waals surface area (Å²) < 4.78 is 15.8. The summed E-state index contributed by atoms with van der Waals surface area (Å²) in [7, 11) is 1.47. The third kappa shape index (κ3) is 5.33. The van der Waals surface area contributed by atoms with Crippen molar-refractivity contribution in [3.63, 3.8) is 0 Å². The van der Waals surface area contributed by atoms with Gasteiger partial charge in [0.2, 0.25) is 0 Å². The standard InChI is InChI=1S/C21H23NO6/c1-5-27-18-11-8-16(12-19(18)26-4)21(25)28-14(3)20(24)22-17-9-6-15(7-10-17)13(2)23/h6-12,14H,5H2,1-4H3,(H,22,24). The second-order valence-electron chi connectivity index (χ2n) is 5.97. The van der Waals surface area contributed by atoms with E-state index in [4.69, 9.17) is 14.2 Å². The van der Waals surface area contributed by atoms with Crippen molar-refractivity contribution in [1.29, 1.82) is 0 Å². The molecule has 7 heteroatoms. The zero-order valence-corrected chi connectivity index (χ0v) is 16.3. The Morgan fingerprint density at radius 1 is 1.00 bits per heavy atom. The number of Topliss-reactive ketones (excluding diaryl/α,β-unsaturated/α-hetero) is 1. The first kappa shape index (κ1) is 21.0. The molecular formula is C21H23NO6. The Kier molecular flexibility index (Phi) is 7.14. The highest BCUT2D eigenvalue weighted by Crippen LogP contribution is 2.28. The topological polar surface area (TPSA) is 90.9 Å². The van der Waals surface area contributed by atoms with E-state index in [0.29, 0.717) is 29.4 Å². The fraction of sp³-hybridized carbons (Fsp3) is 0.286. The third-order valence-electron chi connectivity index (χ3n) is 3.91. The average Bonchev–Trinajstić information content (AvgIpc) is 2.68.